The lowest BCUT2D eigenvalue weighted by Gasteiger charge is -2.15. The van der Waals surface area contributed by atoms with Crippen molar-refractivity contribution < 1.29 is 34.8 Å². The van der Waals surface area contributed by atoms with Gasteiger partial charge in [-0.1, -0.05) is 19.9 Å². The molecule has 0 aliphatic carbocycles. The van der Waals surface area contributed by atoms with Gasteiger partial charge in [0, 0.05) is 24.7 Å². The number of rotatable bonds is 8. The molecule has 0 bridgehead atoms. The van der Waals surface area contributed by atoms with Crippen molar-refractivity contribution in [2.75, 3.05) is 11.9 Å². The minimum Gasteiger partial charge on any atom is -0.506 e. The highest BCUT2D eigenvalue weighted by atomic mass is 16.4. The minimum atomic E-state index is -1.26. The first-order valence-corrected chi connectivity index (χ1v) is 7.25. The molecule has 0 aliphatic heterocycles. The van der Waals surface area contributed by atoms with E-state index < -0.39 is 18.0 Å². The molecule has 1 atom stereocenters. The van der Waals surface area contributed by atoms with Crippen molar-refractivity contribution >= 4 is 24.0 Å². The van der Waals surface area contributed by atoms with Gasteiger partial charge in [0.25, 0.3) is 0 Å². The Kier molecular flexibility index (Phi) is 10.2. The number of anilines is 1. The van der Waals surface area contributed by atoms with E-state index in [0.717, 1.165) is 0 Å². The molecule has 0 heterocycles. The molecule has 1 aromatic rings. The van der Waals surface area contributed by atoms with Gasteiger partial charge in [-0.05, 0) is 17.7 Å². The number of aliphatic hydroxyl groups is 1. The number of benzene rings is 1. The standard InChI is InChI=1S/C12H18N2O3.C4H4O4/c1-8(2)13-6-12(17)9-3-4-11(16)10(5-9)14-7-15;5-3(6)1-2-4(7)8/h3-5,7-8,12-13,16-17H,6H2,1-2H3,(H,14,15);1-2H,(H,5,6)(H,7,8)/b;2-1+. The van der Waals surface area contributed by atoms with Gasteiger partial charge in [0.15, 0.2) is 0 Å². The molecule has 9 nitrogen and oxygen atoms in total. The first-order valence-electron chi connectivity index (χ1n) is 7.25. The lowest BCUT2D eigenvalue weighted by atomic mass is 10.1. The van der Waals surface area contributed by atoms with E-state index in [1.165, 1.54) is 6.07 Å². The topological polar surface area (TPSA) is 156 Å². The number of carboxylic acids is 2. The summed E-state index contributed by atoms with van der Waals surface area (Å²) < 4.78 is 0. The predicted molar refractivity (Wildman–Crippen MR) is 90.3 cm³/mol. The Balaban J connectivity index is 0.000000609. The summed E-state index contributed by atoms with van der Waals surface area (Å²) in [6, 6.07) is 4.91. The summed E-state index contributed by atoms with van der Waals surface area (Å²) >= 11 is 0. The SMILES string of the molecule is CC(C)NCC(O)c1ccc(O)c(NC=O)c1.O=C(O)/C=C/C(=O)O. The molecule has 0 radical (unpaired) electrons. The molecule has 138 valence electrons. The Morgan fingerprint density at radius 3 is 2.16 bits per heavy atom. The van der Waals surface area contributed by atoms with Crippen LogP contribution in [0.25, 0.3) is 0 Å². The highest BCUT2D eigenvalue weighted by Crippen LogP contribution is 2.26. The van der Waals surface area contributed by atoms with Crippen molar-refractivity contribution in [1.29, 1.82) is 0 Å². The van der Waals surface area contributed by atoms with Crippen molar-refractivity contribution in [1.82, 2.24) is 5.32 Å². The molecule has 1 aromatic carbocycles. The average Bonchev–Trinajstić information content (AvgIpc) is 2.53. The monoisotopic (exact) mass is 354 g/mol. The zero-order valence-corrected chi connectivity index (χ0v) is 13.8. The van der Waals surface area contributed by atoms with E-state index in [2.05, 4.69) is 10.6 Å². The molecule has 1 unspecified atom stereocenters. The molecule has 1 rings (SSSR count). The second kappa shape index (κ2) is 11.6. The van der Waals surface area contributed by atoms with E-state index in [4.69, 9.17) is 10.2 Å². The zero-order chi connectivity index (χ0) is 19.4. The van der Waals surface area contributed by atoms with Crippen LogP contribution in [-0.2, 0) is 14.4 Å². The number of aliphatic carboxylic acids is 2. The fraction of sp³-hybridized carbons (Fsp3) is 0.312. The number of phenols is 1. The van der Waals surface area contributed by atoms with Crippen LogP contribution in [0, 0.1) is 0 Å². The lowest BCUT2D eigenvalue weighted by molar-refractivity contribution is -0.134. The van der Waals surface area contributed by atoms with Crippen LogP contribution in [0.5, 0.6) is 5.75 Å². The number of carbonyl (C=O) groups is 3. The summed E-state index contributed by atoms with van der Waals surface area (Å²) in [4.78, 5) is 29.4. The maximum Gasteiger partial charge on any atom is 0.328 e. The lowest BCUT2D eigenvalue weighted by Crippen LogP contribution is -2.27. The molecule has 0 saturated heterocycles. The first kappa shape index (κ1) is 22.1. The van der Waals surface area contributed by atoms with Crippen LogP contribution in [0.1, 0.15) is 25.5 Å². The van der Waals surface area contributed by atoms with Crippen LogP contribution >= 0.6 is 0 Å². The van der Waals surface area contributed by atoms with Gasteiger partial charge in [0.2, 0.25) is 6.41 Å². The van der Waals surface area contributed by atoms with Gasteiger partial charge in [-0.3, -0.25) is 4.79 Å². The van der Waals surface area contributed by atoms with Crippen molar-refractivity contribution in [2.45, 2.75) is 26.0 Å². The van der Waals surface area contributed by atoms with E-state index in [9.17, 15) is 24.6 Å². The van der Waals surface area contributed by atoms with Gasteiger partial charge in [-0.2, -0.15) is 0 Å². The molecule has 9 heteroatoms. The van der Waals surface area contributed by atoms with Crippen LogP contribution in [0.15, 0.2) is 30.4 Å². The number of aliphatic hydroxyl groups excluding tert-OH is 1. The Morgan fingerprint density at radius 2 is 1.72 bits per heavy atom. The molecule has 0 fully saturated rings. The van der Waals surface area contributed by atoms with Crippen LogP contribution < -0.4 is 10.6 Å². The van der Waals surface area contributed by atoms with Gasteiger partial charge in [0.05, 0.1) is 11.8 Å². The van der Waals surface area contributed by atoms with Gasteiger partial charge in [-0.25, -0.2) is 9.59 Å². The van der Waals surface area contributed by atoms with E-state index in [0.29, 0.717) is 36.4 Å². The number of nitrogens with one attached hydrogen (secondary N) is 2. The first-order chi connectivity index (χ1) is 11.7. The van der Waals surface area contributed by atoms with E-state index in [-0.39, 0.29) is 11.8 Å². The summed E-state index contributed by atoms with van der Waals surface area (Å²) in [6.45, 7) is 4.40. The summed E-state index contributed by atoms with van der Waals surface area (Å²) in [5, 5.41) is 40.4. The van der Waals surface area contributed by atoms with Crippen LogP contribution in [0.2, 0.25) is 0 Å². The zero-order valence-electron chi connectivity index (χ0n) is 13.8. The molecule has 0 saturated carbocycles. The molecular formula is C16H22N2O7. The van der Waals surface area contributed by atoms with Crippen molar-refractivity contribution in [3.63, 3.8) is 0 Å². The molecule has 6 N–H and O–H groups in total. The molecule has 0 aliphatic rings. The molecule has 0 spiro atoms. The number of phenolic OH excluding ortho intramolecular Hbond substituents is 1. The Hall–Kier alpha value is -2.91. The minimum absolute atomic E-state index is 0.0233. The Morgan fingerprint density at radius 1 is 1.16 bits per heavy atom. The van der Waals surface area contributed by atoms with Crippen molar-refractivity contribution in [3.8, 4) is 5.75 Å². The Labute approximate surface area is 144 Å². The van der Waals surface area contributed by atoms with Gasteiger partial charge < -0.3 is 31.1 Å². The van der Waals surface area contributed by atoms with Crippen molar-refractivity contribution in [2.24, 2.45) is 0 Å². The third-order valence-electron chi connectivity index (χ3n) is 2.71. The number of carbonyl (C=O) groups excluding carboxylic acids is 1. The maximum absolute atomic E-state index is 10.3. The third-order valence-corrected chi connectivity index (χ3v) is 2.71. The quantitative estimate of drug-likeness (QED) is 0.226. The molecule has 1 amide bonds. The van der Waals surface area contributed by atoms with Crippen LogP contribution in [0.4, 0.5) is 5.69 Å². The summed E-state index contributed by atoms with van der Waals surface area (Å²) in [5.41, 5.74) is 0.932. The van der Waals surface area contributed by atoms with E-state index in [1.807, 2.05) is 13.8 Å². The number of carboxylic acid groups (broad SMARTS) is 2. The summed E-state index contributed by atoms with van der Waals surface area (Å²) in [6.07, 6.45) is 0.924. The normalized spacial score (nSPS) is 11.5. The largest absolute Gasteiger partial charge is 0.506 e. The smallest absolute Gasteiger partial charge is 0.328 e. The van der Waals surface area contributed by atoms with Gasteiger partial charge in [-0.15, -0.1) is 0 Å². The molecule has 25 heavy (non-hydrogen) atoms. The van der Waals surface area contributed by atoms with Gasteiger partial charge in [0.1, 0.15) is 5.75 Å². The molecular weight excluding hydrogens is 332 g/mol. The second-order valence-corrected chi connectivity index (χ2v) is 5.13. The number of hydrogen-bond donors (Lipinski definition) is 6. The second-order valence-electron chi connectivity index (χ2n) is 5.13. The Bertz CT molecular complexity index is 599. The molecule has 0 aromatic heterocycles. The summed E-state index contributed by atoms with van der Waals surface area (Å²) in [5.74, 6) is -2.54. The summed E-state index contributed by atoms with van der Waals surface area (Å²) in [7, 11) is 0. The van der Waals surface area contributed by atoms with Crippen LogP contribution in [0.3, 0.4) is 0 Å². The fourth-order valence-corrected chi connectivity index (χ4v) is 1.55. The number of amides is 1. The number of hydrogen-bond acceptors (Lipinski definition) is 6. The highest BCUT2D eigenvalue weighted by molar-refractivity contribution is 5.89. The van der Waals surface area contributed by atoms with E-state index >= 15 is 0 Å². The third kappa shape index (κ3) is 10.5. The average molecular weight is 354 g/mol. The fourth-order valence-electron chi connectivity index (χ4n) is 1.55. The number of aromatic hydroxyl groups is 1. The van der Waals surface area contributed by atoms with Crippen LogP contribution in [-0.4, -0.2) is 51.4 Å². The maximum atomic E-state index is 10.3. The van der Waals surface area contributed by atoms with E-state index in [1.54, 1.807) is 12.1 Å². The predicted octanol–water partition coefficient (Wildman–Crippen LogP) is 0.704. The highest BCUT2D eigenvalue weighted by Gasteiger charge is 2.10. The van der Waals surface area contributed by atoms with Gasteiger partial charge >= 0.3 is 11.9 Å². The van der Waals surface area contributed by atoms with Crippen molar-refractivity contribution in [3.05, 3.63) is 35.9 Å².